The molecule has 1 aromatic rings. The summed E-state index contributed by atoms with van der Waals surface area (Å²) >= 11 is 4.95. The van der Waals surface area contributed by atoms with Crippen LogP contribution in [-0.4, -0.2) is 48.0 Å². The number of hydrogen-bond donors (Lipinski definition) is 2. The number of cyclic esters (lactones) is 1. The summed E-state index contributed by atoms with van der Waals surface area (Å²) in [6.45, 7) is 3.14. The Labute approximate surface area is 138 Å². The number of carbonyl (C=O) groups excluding carboxylic acids is 1. The number of amides is 2. The molecular weight excluding hydrogens is 318 g/mol. The second-order valence-electron chi connectivity index (χ2n) is 5.55. The third-order valence-electron chi connectivity index (χ3n) is 3.95. The fourth-order valence-electron chi connectivity index (χ4n) is 2.85. The molecule has 0 aliphatic carbocycles. The van der Waals surface area contributed by atoms with Gasteiger partial charge in [-0.3, -0.25) is 9.80 Å². The average molecular weight is 335 g/mol. The molecule has 2 aliphatic heterocycles. The van der Waals surface area contributed by atoms with Crippen molar-refractivity contribution in [2.45, 2.75) is 19.4 Å². The molecule has 0 unspecified atom stereocenters. The maximum atomic E-state index is 12.0. The molecule has 2 heterocycles. The van der Waals surface area contributed by atoms with Gasteiger partial charge in [-0.05, 0) is 37.1 Å². The van der Waals surface area contributed by atoms with E-state index in [1.165, 1.54) is 4.90 Å². The summed E-state index contributed by atoms with van der Waals surface area (Å²) in [5.74, 6) is 0. The van der Waals surface area contributed by atoms with Crippen molar-refractivity contribution < 1.29 is 19.4 Å². The molecule has 3 rings (SSSR count). The van der Waals surface area contributed by atoms with E-state index in [0.717, 1.165) is 11.3 Å². The van der Waals surface area contributed by atoms with Gasteiger partial charge in [0.05, 0.1) is 23.8 Å². The summed E-state index contributed by atoms with van der Waals surface area (Å²) in [5.41, 5.74) is 2.33. The van der Waals surface area contributed by atoms with E-state index in [2.05, 4.69) is 5.32 Å². The summed E-state index contributed by atoms with van der Waals surface area (Å²) in [4.78, 5) is 26.7. The maximum Gasteiger partial charge on any atom is 0.414 e. The molecule has 23 heavy (non-hydrogen) atoms. The van der Waals surface area contributed by atoms with Crippen LogP contribution in [0.25, 0.3) is 0 Å². The minimum absolute atomic E-state index is 0.260. The second-order valence-corrected chi connectivity index (χ2v) is 6.16. The van der Waals surface area contributed by atoms with Gasteiger partial charge in [-0.1, -0.05) is 12.2 Å². The maximum absolute atomic E-state index is 12.0. The Balaban J connectivity index is 1.74. The van der Waals surface area contributed by atoms with Crippen LogP contribution in [0.5, 0.6) is 0 Å². The van der Waals surface area contributed by atoms with Crippen LogP contribution < -0.4 is 15.1 Å². The van der Waals surface area contributed by atoms with Gasteiger partial charge in [0.25, 0.3) is 0 Å². The number of ether oxygens (including phenoxy) is 1. The number of nitrogens with zero attached hydrogens (tertiary/aromatic N) is 2. The van der Waals surface area contributed by atoms with Crippen LogP contribution >= 0.6 is 12.2 Å². The lowest BCUT2D eigenvalue weighted by Crippen LogP contribution is -2.32. The zero-order chi connectivity index (χ0) is 16.6. The highest BCUT2D eigenvalue weighted by atomic mass is 32.1. The molecule has 2 N–H and O–H groups in total. The van der Waals surface area contributed by atoms with Crippen molar-refractivity contribution in [1.82, 2.24) is 5.32 Å². The van der Waals surface area contributed by atoms with Gasteiger partial charge in [0.1, 0.15) is 6.10 Å². The smallest absolute Gasteiger partial charge is 0.414 e. The summed E-state index contributed by atoms with van der Waals surface area (Å²) in [5, 5.41) is 12.1. The van der Waals surface area contributed by atoms with Crippen LogP contribution in [0.15, 0.2) is 18.2 Å². The number of anilines is 2. The van der Waals surface area contributed by atoms with Crippen LogP contribution in [0.3, 0.4) is 0 Å². The van der Waals surface area contributed by atoms with Gasteiger partial charge in [-0.25, -0.2) is 9.59 Å². The van der Waals surface area contributed by atoms with Crippen LogP contribution in [0.4, 0.5) is 21.0 Å². The summed E-state index contributed by atoms with van der Waals surface area (Å²) < 4.78 is 5.32. The average Bonchev–Trinajstić information content (AvgIpc) is 3.07. The number of fused-ring (bicyclic) bond motifs is 1. The molecule has 2 aliphatic rings. The van der Waals surface area contributed by atoms with Crippen LogP contribution in [-0.2, 0) is 11.2 Å². The molecular formula is C15H17N3O4S. The van der Waals surface area contributed by atoms with Gasteiger partial charge in [-0.15, -0.1) is 0 Å². The quantitative estimate of drug-likeness (QED) is 0.822. The third kappa shape index (κ3) is 3.07. The highest BCUT2D eigenvalue weighted by molar-refractivity contribution is 7.80. The minimum Gasteiger partial charge on any atom is -0.465 e. The molecule has 8 heteroatoms. The van der Waals surface area contributed by atoms with Gasteiger partial charge in [-0.2, -0.15) is 0 Å². The van der Waals surface area contributed by atoms with Crippen molar-refractivity contribution in [3.63, 3.8) is 0 Å². The molecule has 7 nitrogen and oxygen atoms in total. The molecule has 0 aromatic heterocycles. The van der Waals surface area contributed by atoms with Crippen molar-refractivity contribution >= 4 is 40.8 Å². The topological polar surface area (TPSA) is 82.1 Å². The number of benzene rings is 1. The fourth-order valence-corrected chi connectivity index (χ4v) is 2.93. The number of thiocarbonyl (C=S) groups is 1. The Morgan fingerprint density at radius 2 is 2.30 bits per heavy atom. The zero-order valence-corrected chi connectivity index (χ0v) is 13.4. The van der Waals surface area contributed by atoms with Crippen LogP contribution in [0.2, 0.25) is 0 Å². The predicted octanol–water partition coefficient (Wildman–Crippen LogP) is 1.99. The highest BCUT2D eigenvalue weighted by Gasteiger charge is 2.33. The molecule has 2 amide bonds. The van der Waals surface area contributed by atoms with Gasteiger partial charge in [0, 0.05) is 12.2 Å². The van der Waals surface area contributed by atoms with E-state index in [9.17, 15) is 9.59 Å². The first-order valence-corrected chi connectivity index (χ1v) is 7.72. The van der Waals surface area contributed by atoms with Crippen molar-refractivity contribution in [1.29, 1.82) is 0 Å². The Morgan fingerprint density at radius 3 is 3.00 bits per heavy atom. The summed E-state index contributed by atoms with van der Waals surface area (Å²) in [6.07, 6.45) is -0.970. The molecule has 0 bridgehead atoms. The molecule has 1 atom stereocenters. The summed E-state index contributed by atoms with van der Waals surface area (Å²) in [7, 11) is 0. The SMILES string of the molecule is CC(=S)NC[C@H]1CN(c2ccc3c(c2)CCN3C(=O)O)C(=O)O1. The van der Waals surface area contributed by atoms with E-state index in [1.54, 1.807) is 24.0 Å². The monoisotopic (exact) mass is 335 g/mol. The fraction of sp³-hybridized carbons (Fsp3) is 0.400. The zero-order valence-electron chi connectivity index (χ0n) is 12.6. The van der Waals surface area contributed by atoms with E-state index >= 15 is 0 Å². The number of carboxylic acid groups (broad SMARTS) is 1. The Bertz CT molecular complexity index is 679. The first-order chi connectivity index (χ1) is 11.0. The highest BCUT2D eigenvalue weighted by Crippen LogP contribution is 2.33. The van der Waals surface area contributed by atoms with Gasteiger partial charge in [0.15, 0.2) is 0 Å². The van der Waals surface area contributed by atoms with E-state index < -0.39 is 12.2 Å². The standard InChI is InChI=1S/C15H17N3O4S/c1-9(23)16-7-12-8-18(15(21)22-12)11-2-3-13-10(6-11)4-5-17(13)14(19)20/h2-3,6,12H,4-5,7-8H2,1H3,(H,16,23)(H,19,20)/t12-/m0/s1. The normalized spacial score (nSPS) is 19.5. The van der Waals surface area contributed by atoms with E-state index in [-0.39, 0.29) is 6.10 Å². The molecule has 1 saturated heterocycles. The first kappa shape index (κ1) is 15.5. The number of nitrogens with one attached hydrogen (secondary N) is 1. The van der Waals surface area contributed by atoms with Gasteiger partial charge in [0.2, 0.25) is 0 Å². The van der Waals surface area contributed by atoms with Crippen LogP contribution in [0, 0.1) is 0 Å². The van der Waals surface area contributed by atoms with Crippen molar-refractivity contribution in [2.75, 3.05) is 29.4 Å². The number of rotatable bonds is 3. The Kier molecular flexibility index (Phi) is 4.08. The van der Waals surface area contributed by atoms with Gasteiger partial charge >= 0.3 is 12.2 Å². The Morgan fingerprint density at radius 1 is 1.52 bits per heavy atom. The lowest BCUT2D eigenvalue weighted by molar-refractivity contribution is 0.143. The van der Waals surface area contributed by atoms with E-state index in [4.69, 9.17) is 22.1 Å². The number of carbonyl (C=O) groups is 2. The molecule has 0 radical (unpaired) electrons. The van der Waals surface area contributed by atoms with E-state index in [1.807, 2.05) is 6.07 Å². The summed E-state index contributed by atoms with van der Waals surface area (Å²) in [6, 6.07) is 5.35. The third-order valence-corrected chi connectivity index (χ3v) is 4.10. The molecule has 0 saturated carbocycles. The lowest BCUT2D eigenvalue weighted by Gasteiger charge is -2.16. The predicted molar refractivity (Wildman–Crippen MR) is 89.4 cm³/mol. The number of hydrogen-bond acceptors (Lipinski definition) is 4. The lowest BCUT2D eigenvalue weighted by atomic mass is 10.1. The van der Waals surface area contributed by atoms with Crippen molar-refractivity contribution in [3.05, 3.63) is 23.8 Å². The van der Waals surface area contributed by atoms with Crippen molar-refractivity contribution in [3.8, 4) is 0 Å². The minimum atomic E-state index is -0.959. The second kappa shape index (κ2) is 6.04. The Hall–Kier alpha value is -2.35. The largest absolute Gasteiger partial charge is 0.465 e. The molecule has 1 fully saturated rings. The molecule has 1 aromatic carbocycles. The van der Waals surface area contributed by atoms with E-state index in [0.29, 0.717) is 36.7 Å². The molecule has 0 spiro atoms. The van der Waals surface area contributed by atoms with Crippen molar-refractivity contribution in [2.24, 2.45) is 0 Å². The molecule has 122 valence electrons. The van der Waals surface area contributed by atoms with Crippen LogP contribution in [0.1, 0.15) is 12.5 Å². The first-order valence-electron chi connectivity index (χ1n) is 7.31. The van der Waals surface area contributed by atoms with Gasteiger partial charge < -0.3 is 15.2 Å².